The summed E-state index contributed by atoms with van der Waals surface area (Å²) in [6, 6.07) is 10.2. The van der Waals surface area contributed by atoms with Crippen LogP contribution < -0.4 is 5.32 Å². The van der Waals surface area contributed by atoms with E-state index in [2.05, 4.69) is 5.32 Å². The third-order valence-electron chi connectivity index (χ3n) is 8.39. The lowest BCUT2D eigenvalue weighted by atomic mass is 9.55. The van der Waals surface area contributed by atoms with Crippen molar-refractivity contribution in [1.82, 2.24) is 5.06 Å². The summed E-state index contributed by atoms with van der Waals surface area (Å²) < 4.78 is 0. The van der Waals surface area contributed by atoms with E-state index < -0.39 is 58.5 Å². The molecule has 0 aliphatic heterocycles. The van der Waals surface area contributed by atoms with Crippen molar-refractivity contribution >= 4 is 40.5 Å². The maximum atomic E-state index is 13.7. The summed E-state index contributed by atoms with van der Waals surface area (Å²) in [6.45, 7) is 1.21. The largest absolute Gasteiger partial charge is 0.507 e. The van der Waals surface area contributed by atoms with Crippen LogP contribution in [0.25, 0.3) is 11.1 Å². The number of ketones is 5. The van der Waals surface area contributed by atoms with Gasteiger partial charge in [0.15, 0.2) is 23.1 Å². The molecule has 0 bridgehead atoms. The molecule has 0 radical (unpaired) electrons. The normalized spacial score (nSPS) is 25.8. The first-order chi connectivity index (χ1) is 19.0. The van der Waals surface area contributed by atoms with Crippen LogP contribution in [0.15, 0.2) is 36.4 Å². The molecule has 40 heavy (non-hydrogen) atoms. The van der Waals surface area contributed by atoms with Crippen LogP contribution in [0.1, 0.15) is 35.7 Å². The fourth-order valence-corrected chi connectivity index (χ4v) is 6.59. The molecule has 10 nitrogen and oxygen atoms in total. The Hall–Kier alpha value is -4.02. The fourth-order valence-electron chi connectivity index (χ4n) is 6.59. The maximum absolute atomic E-state index is 13.7. The van der Waals surface area contributed by atoms with Gasteiger partial charge in [-0.1, -0.05) is 18.2 Å². The second kappa shape index (κ2) is 10.5. The Bertz CT molecular complexity index is 1450. The summed E-state index contributed by atoms with van der Waals surface area (Å²) in [5.41, 5.74) is 2.70. The van der Waals surface area contributed by atoms with Crippen LogP contribution in [-0.4, -0.2) is 65.7 Å². The molecule has 10 heteroatoms. The van der Waals surface area contributed by atoms with Crippen molar-refractivity contribution in [3.63, 3.8) is 0 Å². The molecule has 2 N–H and O–H groups in total. The highest BCUT2D eigenvalue weighted by atomic mass is 16.7. The average Bonchev–Trinajstić information content (AvgIpc) is 2.88. The number of hydrogen-bond donors (Lipinski definition) is 2. The number of anilines is 1. The summed E-state index contributed by atoms with van der Waals surface area (Å²) in [5.74, 6) is -8.02. The molecule has 2 fully saturated rings. The molecule has 2 saturated carbocycles. The van der Waals surface area contributed by atoms with E-state index in [0.29, 0.717) is 29.7 Å². The predicted molar refractivity (Wildman–Crippen MR) is 142 cm³/mol. The molecule has 0 aromatic heterocycles. The zero-order valence-electron chi connectivity index (χ0n) is 22.4. The van der Waals surface area contributed by atoms with Crippen LogP contribution in [0.3, 0.4) is 0 Å². The second-order valence-electron chi connectivity index (χ2n) is 10.9. The Kier molecular flexibility index (Phi) is 7.24. The van der Waals surface area contributed by atoms with Crippen molar-refractivity contribution < 1.29 is 38.7 Å². The first-order valence-corrected chi connectivity index (χ1v) is 13.2. The van der Waals surface area contributed by atoms with Crippen LogP contribution in [-0.2, 0) is 35.2 Å². The summed E-state index contributed by atoms with van der Waals surface area (Å²) in [5, 5.41) is 14.9. The molecule has 0 saturated heterocycles. The van der Waals surface area contributed by atoms with Crippen molar-refractivity contribution in [3.05, 3.63) is 47.5 Å². The van der Waals surface area contributed by atoms with Crippen molar-refractivity contribution in [2.24, 2.45) is 29.6 Å². The monoisotopic (exact) mass is 546 g/mol. The highest BCUT2D eigenvalue weighted by Crippen LogP contribution is 2.49. The number of nitrogens with one attached hydrogen (secondary N) is 1. The van der Waals surface area contributed by atoms with E-state index in [-0.39, 0.29) is 30.2 Å². The van der Waals surface area contributed by atoms with E-state index in [4.69, 9.17) is 4.84 Å². The highest BCUT2D eigenvalue weighted by molar-refractivity contribution is 6.28. The Morgan fingerprint density at radius 1 is 0.975 bits per heavy atom. The Labute approximate surface area is 230 Å². The minimum absolute atomic E-state index is 0.0432. The summed E-state index contributed by atoms with van der Waals surface area (Å²) in [7, 11) is 3.10. The van der Waals surface area contributed by atoms with E-state index >= 15 is 0 Å². The minimum Gasteiger partial charge on any atom is -0.507 e. The molecule has 5 rings (SSSR count). The summed E-state index contributed by atoms with van der Waals surface area (Å²) in [4.78, 5) is 82.1. The third kappa shape index (κ3) is 4.67. The van der Waals surface area contributed by atoms with Crippen molar-refractivity contribution in [1.29, 1.82) is 0 Å². The van der Waals surface area contributed by atoms with Crippen LogP contribution in [0.4, 0.5) is 5.69 Å². The molecule has 2 aromatic carbocycles. The van der Waals surface area contributed by atoms with Gasteiger partial charge < -0.3 is 15.3 Å². The van der Waals surface area contributed by atoms with Crippen LogP contribution >= 0.6 is 0 Å². The van der Waals surface area contributed by atoms with Gasteiger partial charge in [0.25, 0.3) is 0 Å². The zero-order chi connectivity index (χ0) is 28.9. The van der Waals surface area contributed by atoms with Crippen molar-refractivity contribution in [2.45, 2.75) is 26.2 Å². The van der Waals surface area contributed by atoms with Crippen LogP contribution in [0.2, 0.25) is 0 Å². The number of rotatable bonds is 6. The first-order valence-electron chi connectivity index (χ1n) is 13.2. The smallest absolute Gasteiger partial charge is 0.240 e. The van der Waals surface area contributed by atoms with Gasteiger partial charge in [-0.2, -0.15) is 5.06 Å². The van der Waals surface area contributed by atoms with E-state index in [0.717, 1.165) is 5.56 Å². The second-order valence-corrected chi connectivity index (χ2v) is 10.9. The maximum Gasteiger partial charge on any atom is 0.240 e. The van der Waals surface area contributed by atoms with Crippen molar-refractivity contribution in [2.75, 3.05) is 26.0 Å². The molecule has 5 unspecified atom stereocenters. The zero-order valence-corrected chi connectivity index (χ0v) is 22.4. The van der Waals surface area contributed by atoms with Gasteiger partial charge in [0.05, 0.1) is 24.5 Å². The summed E-state index contributed by atoms with van der Waals surface area (Å²) in [6.07, 6.45) is 0.589. The lowest BCUT2D eigenvalue weighted by Crippen LogP contribution is -2.55. The molecule has 5 atom stereocenters. The van der Waals surface area contributed by atoms with E-state index in [1.165, 1.54) is 25.2 Å². The van der Waals surface area contributed by atoms with Gasteiger partial charge >= 0.3 is 0 Å². The van der Waals surface area contributed by atoms with Crippen LogP contribution in [0.5, 0.6) is 5.75 Å². The molecule has 2 aromatic rings. The molecular weight excluding hydrogens is 516 g/mol. The van der Waals surface area contributed by atoms with E-state index in [9.17, 15) is 33.9 Å². The number of amides is 1. The Morgan fingerprint density at radius 3 is 2.30 bits per heavy atom. The van der Waals surface area contributed by atoms with Gasteiger partial charge in [0, 0.05) is 19.2 Å². The molecular formula is C30H30N2O8. The van der Waals surface area contributed by atoms with Gasteiger partial charge in [-0.3, -0.25) is 28.8 Å². The highest BCUT2D eigenvalue weighted by Gasteiger charge is 2.57. The Balaban J connectivity index is 1.45. The van der Waals surface area contributed by atoms with Gasteiger partial charge in [-0.25, -0.2) is 0 Å². The molecule has 0 spiro atoms. The van der Waals surface area contributed by atoms with Gasteiger partial charge in [-0.15, -0.1) is 0 Å². The number of fused-ring (bicyclic) bond motifs is 3. The van der Waals surface area contributed by atoms with Gasteiger partial charge in [-0.05, 0) is 66.5 Å². The predicted octanol–water partition coefficient (Wildman–Crippen LogP) is 2.41. The molecule has 0 heterocycles. The number of aromatic hydroxyl groups is 1. The number of hydrogen-bond acceptors (Lipinski definition) is 9. The van der Waals surface area contributed by atoms with Crippen LogP contribution in [0, 0.1) is 29.6 Å². The number of benzene rings is 2. The number of carbonyl (C=O) groups excluding carboxylic acids is 6. The topological polar surface area (TPSA) is 147 Å². The van der Waals surface area contributed by atoms with E-state index in [1.807, 2.05) is 0 Å². The first kappa shape index (κ1) is 27.5. The van der Waals surface area contributed by atoms with Gasteiger partial charge in [0.1, 0.15) is 24.0 Å². The standard InChI is InChI=1S/C30H30N2O8/c1-14(33)24-22(35)12-17-10-16-11-20-19(15-4-6-18(7-5-15)31-23(36)13-32(2)40-3)8-9-21(34)27(20)30(39)25(16)29(38)26(17)28(24)37/h4-9,16-17,24-26,34H,10-13H2,1-3H3,(H,31,36). The number of nitrogens with zero attached hydrogens (tertiary/aromatic N) is 1. The number of phenolic OH excluding ortho intramolecular Hbond substituents is 1. The minimum atomic E-state index is -1.44. The van der Waals surface area contributed by atoms with Crippen molar-refractivity contribution in [3.8, 4) is 16.9 Å². The molecule has 208 valence electrons. The van der Waals surface area contributed by atoms with Gasteiger partial charge in [0.2, 0.25) is 5.91 Å². The lowest BCUT2D eigenvalue weighted by Gasteiger charge is -2.44. The number of Topliss-reactive ketones (excluding diaryl/α,β-unsaturated/α-hetero) is 5. The summed E-state index contributed by atoms with van der Waals surface area (Å²) >= 11 is 0. The van der Waals surface area contributed by atoms with E-state index in [1.54, 1.807) is 37.4 Å². The Morgan fingerprint density at radius 2 is 1.65 bits per heavy atom. The molecule has 3 aliphatic rings. The fraction of sp³-hybridized carbons (Fsp3) is 0.400. The number of carbonyl (C=O) groups is 6. The third-order valence-corrected chi connectivity index (χ3v) is 8.39. The molecule has 1 amide bonds. The quantitative estimate of drug-likeness (QED) is 0.412. The SMILES string of the molecule is CON(C)CC(=O)Nc1ccc(-c2ccc(O)c3c2CC2CC4CC(=O)C(C(C)=O)C(=O)C4C(=O)C2C3=O)cc1. The molecule has 3 aliphatic carbocycles. The number of hydroxylamine groups is 2. The number of phenols is 1. The number of likely N-dealkylation sites (N-methyl/N-ethyl adjacent to an activating group) is 1. The average molecular weight is 547 g/mol. The lowest BCUT2D eigenvalue weighted by molar-refractivity contribution is -0.152.